The van der Waals surface area contributed by atoms with Gasteiger partial charge in [-0.2, -0.15) is 0 Å². The Kier molecular flexibility index (Phi) is 3.69. The Labute approximate surface area is 113 Å². The highest BCUT2D eigenvalue weighted by Gasteiger charge is 2.15. The molecular formula is C15H19N3O. The Morgan fingerprint density at radius 1 is 1.32 bits per heavy atom. The van der Waals surface area contributed by atoms with E-state index >= 15 is 0 Å². The number of benzene rings is 1. The fraction of sp³-hybridized carbons (Fsp3) is 0.333. The molecule has 0 bridgehead atoms. The summed E-state index contributed by atoms with van der Waals surface area (Å²) < 4.78 is 0. The third-order valence-electron chi connectivity index (χ3n) is 3.08. The van der Waals surface area contributed by atoms with Crippen molar-refractivity contribution in [2.24, 2.45) is 0 Å². The van der Waals surface area contributed by atoms with Crippen LogP contribution in [0.15, 0.2) is 30.5 Å². The standard InChI is InChI=1S/C15H19N3O/c1-10-5-6-13-12(9-10)14(7-8-16-13)17-11(2)15(19)18(3)4/h5-9,11H,1-4H3,(H,16,17)/t11-/m0/s1. The highest BCUT2D eigenvalue weighted by molar-refractivity contribution is 5.94. The summed E-state index contributed by atoms with van der Waals surface area (Å²) in [6, 6.07) is 7.75. The van der Waals surface area contributed by atoms with Crippen LogP contribution in [-0.2, 0) is 4.79 Å². The molecule has 19 heavy (non-hydrogen) atoms. The number of likely N-dealkylation sites (N-methyl/N-ethyl adjacent to an activating group) is 1. The van der Waals surface area contributed by atoms with Crippen LogP contribution in [0, 0.1) is 6.92 Å². The zero-order valence-electron chi connectivity index (χ0n) is 11.8. The predicted molar refractivity (Wildman–Crippen MR) is 78.3 cm³/mol. The first-order chi connectivity index (χ1) is 8.99. The number of fused-ring (bicyclic) bond motifs is 1. The van der Waals surface area contributed by atoms with Crippen LogP contribution in [0.3, 0.4) is 0 Å². The van der Waals surface area contributed by atoms with Gasteiger partial charge in [-0.05, 0) is 32.0 Å². The van der Waals surface area contributed by atoms with E-state index in [1.165, 1.54) is 5.56 Å². The molecule has 0 saturated carbocycles. The van der Waals surface area contributed by atoms with E-state index in [1.54, 1.807) is 25.2 Å². The van der Waals surface area contributed by atoms with Crippen molar-refractivity contribution in [3.8, 4) is 0 Å². The van der Waals surface area contributed by atoms with Crippen molar-refractivity contribution in [2.45, 2.75) is 19.9 Å². The highest BCUT2D eigenvalue weighted by atomic mass is 16.2. The van der Waals surface area contributed by atoms with E-state index in [9.17, 15) is 4.79 Å². The summed E-state index contributed by atoms with van der Waals surface area (Å²) in [5, 5.41) is 4.30. The number of nitrogens with zero attached hydrogens (tertiary/aromatic N) is 2. The fourth-order valence-electron chi connectivity index (χ4n) is 2.07. The van der Waals surface area contributed by atoms with Gasteiger partial charge in [-0.25, -0.2) is 0 Å². The molecule has 1 aromatic heterocycles. The number of aryl methyl sites for hydroxylation is 1. The number of aromatic nitrogens is 1. The van der Waals surface area contributed by atoms with E-state index in [1.807, 2.05) is 32.0 Å². The summed E-state index contributed by atoms with van der Waals surface area (Å²) >= 11 is 0. The molecule has 0 radical (unpaired) electrons. The van der Waals surface area contributed by atoms with Crippen molar-refractivity contribution in [3.05, 3.63) is 36.0 Å². The first kappa shape index (κ1) is 13.3. The minimum Gasteiger partial charge on any atom is -0.373 e. The average molecular weight is 257 g/mol. The SMILES string of the molecule is Cc1ccc2nccc(N[C@@H](C)C(=O)N(C)C)c2c1. The van der Waals surface area contributed by atoms with Crippen molar-refractivity contribution in [1.82, 2.24) is 9.88 Å². The minimum atomic E-state index is -0.263. The Morgan fingerprint density at radius 2 is 2.05 bits per heavy atom. The van der Waals surface area contributed by atoms with Crippen LogP contribution in [0.4, 0.5) is 5.69 Å². The van der Waals surface area contributed by atoms with Gasteiger partial charge in [0.2, 0.25) is 5.91 Å². The molecule has 0 saturated heterocycles. The molecular weight excluding hydrogens is 238 g/mol. The molecule has 0 unspecified atom stereocenters. The molecule has 2 rings (SSSR count). The largest absolute Gasteiger partial charge is 0.373 e. The summed E-state index contributed by atoms with van der Waals surface area (Å²) in [5.74, 6) is 0.0533. The smallest absolute Gasteiger partial charge is 0.244 e. The van der Waals surface area contributed by atoms with Gasteiger partial charge in [0.1, 0.15) is 6.04 Å². The zero-order valence-corrected chi connectivity index (χ0v) is 11.8. The summed E-state index contributed by atoms with van der Waals surface area (Å²) in [5.41, 5.74) is 3.05. The van der Waals surface area contributed by atoms with Gasteiger partial charge in [-0.1, -0.05) is 11.6 Å². The molecule has 0 fully saturated rings. The molecule has 1 heterocycles. The second kappa shape index (κ2) is 5.26. The van der Waals surface area contributed by atoms with Gasteiger partial charge >= 0.3 is 0 Å². The van der Waals surface area contributed by atoms with E-state index in [0.717, 1.165) is 16.6 Å². The molecule has 4 heteroatoms. The molecule has 1 amide bonds. The summed E-state index contributed by atoms with van der Waals surface area (Å²) in [7, 11) is 3.52. The highest BCUT2D eigenvalue weighted by Crippen LogP contribution is 2.23. The van der Waals surface area contributed by atoms with E-state index in [-0.39, 0.29) is 11.9 Å². The fourth-order valence-corrected chi connectivity index (χ4v) is 2.07. The number of anilines is 1. The molecule has 0 spiro atoms. The summed E-state index contributed by atoms with van der Waals surface area (Å²) in [4.78, 5) is 17.8. The molecule has 100 valence electrons. The van der Waals surface area contributed by atoms with Crippen LogP contribution in [0.25, 0.3) is 10.9 Å². The van der Waals surface area contributed by atoms with Gasteiger partial charge in [-0.3, -0.25) is 9.78 Å². The zero-order chi connectivity index (χ0) is 14.0. The maximum absolute atomic E-state index is 11.9. The lowest BCUT2D eigenvalue weighted by Crippen LogP contribution is -2.36. The van der Waals surface area contributed by atoms with E-state index < -0.39 is 0 Å². The number of nitrogens with one attached hydrogen (secondary N) is 1. The van der Waals surface area contributed by atoms with Crippen LogP contribution in [-0.4, -0.2) is 35.9 Å². The van der Waals surface area contributed by atoms with Gasteiger partial charge in [-0.15, -0.1) is 0 Å². The van der Waals surface area contributed by atoms with Crippen molar-refractivity contribution < 1.29 is 4.79 Å². The Morgan fingerprint density at radius 3 is 2.74 bits per heavy atom. The lowest BCUT2D eigenvalue weighted by molar-refractivity contribution is -0.129. The predicted octanol–water partition coefficient (Wildman–Crippen LogP) is 2.43. The van der Waals surface area contributed by atoms with Gasteiger partial charge in [0.25, 0.3) is 0 Å². The lowest BCUT2D eigenvalue weighted by Gasteiger charge is -2.19. The number of rotatable bonds is 3. The first-order valence-electron chi connectivity index (χ1n) is 6.32. The minimum absolute atomic E-state index is 0.0533. The molecule has 2 aromatic rings. The van der Waals surface area contributed by atoms with Crippen LogP contribution >= 0.6 is 0 Å². The molecule has 1 atom stereocenters. The second-order valence-corrected chi connectivity index (χ2v) is 4.98. The van der Waals surface area contributed by atoms with Crippen LogP contribution < -0.4 is 5.32 Å². The van der Waals surface area contributed by atoms with Gasteiger partial charge in [0.15, 0.2) is 0 Å². The molecule has 0 aliphatic rings. The third-order valence-corrected chi connectivity index (χ3v) is 3.08. The summed E-state index contributed by atoms with van der Waals surface area (Å²) in [6.45, 7) is 3.91. The Bertz CT molecular complexity index is 607. The Balaban J connectivity index is 2.35. The van der Waals surface area contributed by atoms with Crippen molar-refractivity contribution in [3.63, 3.8) is 0 Å². The number of hydrogen-bond donors (Lipinski definition) is 1. The second-order valence-electron chi connectivity index (χ2n) is 4.98. The Hall–Kier alpha value is -2.10. The molecule has 0 aliphatic heterocycles. The topological polar surface area (TPSA) is 45.2 Å². The van der Waals surface area contributed by atoms with Crippen LogP contribution in [0.5, 0.6) is 0 Å². The maximum atomic E-state index is 11.9. The van der Waals surface area contributed by atoms with Crippen molar-refractivity contribution in [2.75, 3.05) is 19.4 Å². The number of carbonyl (C=O) groups is 1. The van der Waals surface area contributed by atoms with E-state index in [4.69, 9.17) is 0 Å². The van der Waals surface area contributed by atoms with Gasteiger partial charge in [0.05, 0.1) is 5.52 Å². The third kappa shape index (κ3) is 2.84. The average Bonchev–Trinajstić information content (AvgIpc) is 2.38. The quantitative estimate of drug-likeness (QED) is 0.918. The van der Waals surface area contributed by atoms with Gasteiger partial charge in [0, 0.05) is 31.4 Å². The summed E-state index contributed by atoms with van der Waals surface area (Å²) in [6.07, 6.45) is 1.76. The van der Waals surface area contributed by atoms with E-state index in [0.29, 0.717) is 0 Å². The maximum Gasteiger partial charge on any atom is 0.244 e. The van der Waals surface area contributed by atoms with Crippen molar-refractivity contribution in [1.29, 1.82) is 0 Å². The van der Waals surface area contributed by atoms with Crippen molar-refractivity contribution >= 4 is 22.5 Å². The molecule has 4 nitrogen and oxygen atoms in total. The van der Waals surface area contributed by atoms with Crippen LogP contribution in [0.1, 0.15) is 12.5 Å². The number of hydrogen-bond acceptors (Lipinski definition) is 3. The molecule has 1 aromatic carbocycles. The number of amides is 1. The lowest BCUT2D eigenvalue weighted by atomic mass is 10.1. The number of pyridine rings is 1. The molecule has 0 aliphatic carbocycles. The first-order valence-corrected chi connectivity index (χ1v) is 6.32. The van der Waals surface area contributed by atoms with Crippen LogP contribution in [0.2, 0.25) is 0 Å². The molecule has 1 N–H and O–H groups in total. The monoisotopic (exact) mass is 257 g/mol. The normalized spacial score (nSPS) is 12.2. The van der Waals surface area contributed by atoms with Gasteiger partial charge < -0.3 is 10.2 Å². The number of carbonyl (C=O) groups excluding carboxylic acids is 1. The van der Waals surface area contributed by atoms with E-state index in [2.05, 4.69) is 16.4 Å².